The lowest BCUT2D eigenvalue weighted by Crippen LogP contribution is -2.46. The maximum Gasteiger partial charge on any atom is 0.280 e. The zero-order valence-electron chi connectivity index (χ0n) is 18.8. The maximum atomic E-state index is 13.3. The molecule has 0 saturated carbocycles. The number of hydrogen-bond acceptors (Lipinski definition) is 4. The Hall–Kier alpha value is -3.18. The third kappa shape index (κ3) is 3.89. The highest BCUT2D eigenvalue weighted by Gasteiger charge is 2.46. The van der Waals surface area contributed by atoms with Gasteiger partial charge in [-0.05, 0) is 57.0 Å². The molecule has 2 aliphatic heterocycles. The topological polar surface area (TPSA) is 49.6 Å². The molecule has 5 rings (SSSR count). The molecule has 3 heterocycles. The fourth-order valence-electron chi connectivity index (χ4n) is 5.06. The van der Waals surface area contributed by atoms with Crippen molar-refractivity contribution in [3.05, 3.63) is 88.8 Å². The number of rotatable bonds is 4. The van der Waals surface area contributed by atoms with Gasteiger partial charge in [-0.3, -0.25) is 9.69 Å². The van der Waals surface area contributed by atoms with Crippen LogP contribution >= 0.6 is 0 Å². The Balaban J connectivity index is 1.32. The minimum Gasteiger partial charge on any atom is -0.361 e. The Morgan fingerprint density at radius 1 is 1.09 bits per heavy atom. The summed E-state index contributed by atoms with van der Waals surface area (Å²) in [5.41, 5.74) is 5.20. The van der Waals surface area contributed by atoms with Gasteiger partial charge in [0.15, 0.2) is 5.69 Å². The van der Waals surface area contributed by atoms with Gasteiger partial charge in [-0.2, -0.15) is 0 Å². The fraction of sp³-hybridized carbons (Fsp3) is 0.333. The highest BCUT2D eigenvalue weighted by Crippen LogP contribution is 2.47. The first-order valence-corrected chi connectivity index (χ1v) is 11.3. The molecule has 1 amide bonds. The second-order valence-electron chi connectivity index (χ2n) is 9.13. The molecule has 0 aliphatic carbocycles. The molecule has 2 aromatic carbocycles. The SMILES string of the molecule is Cc1ccc2c(c1)C1(CCN(CC=Cc3ccccc3)CC1)CN2C(=O)c1cc(C)on1. The van der Waals surface area contributed by atoms with Crippen LogP contribution in [0, 0.1) is 13.8 Å². The van der Waals surface area contributed by atoms with Crippen LogP contribution in [-0.4, -0.2) is 42.1 Å². The van der Waals surface area contributed by atoms with Crippen molar-refractivity contribution in [3.63, 3.8) is 0 Å². The zero-order valence-corrected chi connectivity index (χ0v) is 18.8. The lowest BCUT2D eigenvalue weighted by molar-refractivity contribution is 0.0969. The number of benzene rings is 2. The average molecular weight is 428 g/mol. The van der Waals surface area contributed by atoms with Crippen LogP contribution in [0.2, 0.25) is 0 Å². The molecule has 1 aromatic heterocycles. The molecular formula is C27H29N3O2. The van der Waals surface area contributed by atoms with E-state index < -0.39 is 0 Å². The Morgan fingerprint density at radius 2 is 1.88 bits per heavy atom. The highest BCUT2D eigenvalue weighted by atomic mass is 16.5. The van der Waals surface area contributed by atoms with Crippen LogP contribution in [-0.2, 0) is 5.41 Å². The number of carbonyl (C=O) groups is 1. The maximum absolute atomic E-state index is 13.3. The quantitative estimate of drug-likeness (QED) is 0.588. The smallest absolute Gasteiger partial charge is 0.280 e. The van der Waals surface area contributed by atoms with Gasteiger partial charge in [0.25, 0.3) is 5.91 Å². The largest absolute Gasteiger partial charge is 0.361 e. The van der Waals surface area contributed by atoms with Crippen LogP contribution in [0.1, 0.15) is 45.8 Å². The number of carbonyl (C=O) groups excluding carboxylic acids is 1. The number of nitrogens with zero attached hydrogens (tertiary/aromatic N) is 3. The lowest BCUT2D eigenvalue weighted by Gasteiger charge is -2.39. The van der Waals surface area contributed by atoms with Crippen LogP contribution in [0.3, 0.4) is 0 Å². The minimum absolute atomic E-state index is 0.00936. The van der Waals surface area contributed by atoms with E-state index in [1.807, 2.05) is 17.9 Å². The van der Waals surface area contributed by atoms with Gasteiger partial charge in [0.2, 0.25) is 0 Å². The van der Waals surface area contributed by atoms with E-state index in [0.717, 1.165) is 38.2 Å². The zero-order chi connectivity index (χ0) is 22.1. The third-order valence-electron chi connectivity index (χ3n) is 6.85. The summed E-state index contributed by atoms with van der Waals surface area (Å²) in [7, 11) is 0. The first-order valence-electron chi connectivity index (χ1n) is 11.3. The van der Waals surface area contributed by atoms with E-state index in [1.54, 1.807) is 6.07 Å². The second kappa shape index (κ2) is 8.40. The lowest BCUT2D eigenvalue weighted by atomic mass is 9.74. The minimum atomic E-state index is -0.0722. The monoisotopic (exact) mass is 427 g/mol. The molecule has 3 aromatic rings. The summed E-state index contributed by atoms with van der Waals surface area (Å²) >= 11 is 0. The van der Waals surface area contributed by atoms with Gasteiger partial charge in [-0.1, -0.05) is 65.3 Å². The van der Waals surface area contributed by atoms with E-state index in [9.17, 15) is 4.79 Å². The van der Waals surface area contributed by atoms with Gasteiger partial charge >= 0.3 is 0 Å². The van der Waals surface area contributed by atoms with E-state index in [4.69, 9.17) is 4.52 Å². The van der Waals surface area contributed by atoms with Gasteiger partial charge in [-0.15, -0.1) is 0 Å². The summed E-state index contributed by atoms with van der Waals surface area (Å²) in [6.07, 6.45) is 6.54. The Morgan fingerprint density at radius 3 is 2.59 bits per heavy atom. The van der Waals surface area contributed by atoms with Gasteiger partial charge in [0.05, 0.1) is 0 Å². The predicted octanol–water partition coefficient (Wildman–Crippen LogP) is 5.00. The van der Waals surface area contributed by atoms with E-state index >= 15 is 0 Å². The molecule has 1 spiro atoms. The standard InChI is InChI=1S/C27H29N3O2/c1-20-10-11-25-23(17-20)27(19-30(25)26(31)24-18-21(2)32-28-24)12-15-29(16-13-27)14-6-9-22-7-4-3-5-8-22/h3-11,17-18H,12-16,19H2,1-2H3. The Kier molecular flexibility index (Phi) is 5.43. The van der Waals surface area contributed by atoms with E-state index in [0.29, 0.717) is 18.0 Å². The van der Waals surface area contributed by atoms with Crippen molar-refractivity contribution in [3.8, 4) is 0 Å². The molecule has 2 aliphatic rings. The van der Waals surface area contributed by atoms with Crippen LogP contribution < -0.4 is 4.90 Å². The second-order valence-corrected chi connectivity index (χ2v) is 9.13. The molecule has 0 unspecified atom stereocenters. The van der Waals surface area contributed by atoms with Crippen molar-refractivity contribution in [1.82, 2.24) is 10.1 Å². The molecule has 1 saturated heterocycles. The van der Waals surface area contributed by atoms with Crippen LogP contribution in [0.15, 0.2) is 65.2 Å². The number of aromatic nitrogens is 1. The molecule has 0 N–H and O–H groups in total. The van der Waals surface area contributed by atoms with E-state index in [1.165, 1.54) is 16.7 Å². The molecular weight excluding hydrogens is 398 g/mol. The molecule has 32 heavy (non-hydrogen) atoms. The number of amides is 1. The number of piperidine rings is 1. The molecule has 164 valence electrons. The Labute approximate surface area is 189 Å². The first kappa shape index (κ1) is 20.7. The summed E-state index contributed by atoms with van der Waals surface area (Å²) in [5, 5.41) is 3.97. The van der Waals surface area contributed by atoms with Gasteiger partial charge < -0.3 is 9.42 Å². The molecule has 5 heteroatoms. The van der Waals surface area contributed by atoms with Crippen molar-refractivity contribution in [2.24, 2.45) is 0 Å². The summed E-state index contributed by atoms with van der Waals surface area (Å²) < 4.78 is 5.16. The van der Waals surface area contributed by atoms with Crippen molar-refractivity contribution < 1.29 is 9.32 Å². The van der Waals surface area contributed by atoms with Crippen LogP contribution in [0.5, 0.6) is 0 Å². The number of hydrogen-bond donors (Lipinski definition) is 0. The van der Waals surface area contributed by atoms with Crippen molar-refractivity contribution >= 4 is 17.7 Å². The fourth-order valence-corrected chi connectivity index (χ4v) is 5.06. The number of anilines is 1. The average Bonchev–Trinajstić information content (AvgIpc) is 3.37. The molecule has 0 radical (unpaired) electrons. The summed E-state index contributed by atoms with van der Waals surface area (Å²) in [4.78, 5) is 17.7. The van der Waals surface area contributed by atoms with Gasteiger partial charge in [-0.25, -0.2) is 0 Å². The summed E-state index contributed by atoms with van der Waals surface area (Å²) in [5.74, 6) is 0.584. The summed E-state index contributed by atoms with van der Waals surface area (Å²) in [6, 6.07) is 18.6. The molecule has 0 bridgehead atoms. The number of aryl methyl sites for hydroxylation is 2. The number of fused-ring (bicyclic) bond motifs is 2. The van der Waals surface area contributed by atoms with Crippen LogP contribution in [0.4, 0.5) is 5.69 Å². The van der Waals surface area contributed by atoms with Crippen molar-refractivity contribution in [1.29, 1.82) is 0 Å². The van der Waals surface area contributed by atoms with E-state index in [-0.39, 0.29) is 11.3 Å². The van der Waals surface area contributed by atoms with Gasteiger partial charge in [0, 0.05) is 30.3 Å². The van der Waals surface area contributed by atoms with Gasteiger partial charge in [0.1, 0.15) is 5.76 Å². The molecule has 1 fully saturated rings. The predicted molar refractivity (Wildman–Crippen MR) is 127 cm³/mol. The van der Waals surface area contributed by atoms with Crippen molar-refractivity contribution in [2.75, 3.05) is 31.1 Å². The number of likely N-dealkylation sites (tertiary alicyclic amines) is 1. The summed E-state index contributed by atoms with van der Waals surface area (Å²) in [6.45, 7) is 7.66. The van der Waals surface area contributed by atoms with Crippen molar-refractivity contribution in [2.45, 2.75) is 32.1 Å². The van der Waals surface area contributed by atoms with Crippen LogP contribution in [0.25, 0.3) is 6.08 Å². The third-order valence-corrected chi connectivity index (χ3v) is 6.85. The first-order chi connectivity index (χ1) is 15.5. The Bertz CT molecular complexity index is 1140. The molecule has 5 nitrogen and oxygen atoms in total. The van der Waals surface area contributed by atoms with E-state index in [2.05, 4.69) is 71.6 Å². The highest BCUT2D eigenvalue weighted by molar-refractivity contribution is 6.06. The molecule has 0 atom stereocenters. The normalized spacial score (nSPS) is 17.9.